The normalized spacial score (nSPS) is 28.2. The van der Waals surface area contributed by atoms with Gasteiger partial charge in [0.2, 0.25) is 0 Å². The average molecular weight is 156 g/mol. The minimum absolute atomic E-state index is 0.226. The van der Waals surface area contributed by atoms with Gasteiger partial charge in [0.25, 0.3) is 5.79 Å². The highest BCUT2D eigenvalue weighted by atomic mass is 16.7. The number of carbonyl (C=O) groups is 1. The van der Waals surface area contributed by atoms with Crippen LogP contribution >= 0.6 is 0 Å². The van der Waals surface area contributed by atoms with E-state index < -0.39 is 5.79 Å². The SMILES string of the molecule is CCC(=O)OC1(C)CC=CO1. The fourth-order valence-corrected chi connectivity index (χ4v) is 0.881. The molecule has 0 N–H and O–H groups in total. The zero-order valence-corrected chi connectivity index (χ0v) is 6.79. The molecule has 0 aromatic rings. The number of rotatable bonds is 2. The Bertz CT molecular complexity index is 176. The van der Waals surface area contributed by atoms with Gasteiger partial charge in [-0.25, -0.2) is 0 Å². The Hall–Kier alpha value is -0.990. The van der Waals surface area contributed by atoms with Crippen LogP contribution in [-0.4, -0.2) is 11.8 Å². The van der Waals surface area contributed by atoms with E-state index >= 15 is 0 Å². The molecule has 0 fully saturated rings. The first-order valence-electron chi connectivity index (χ1n) is 3.71. The molecule has 1 heterocycles. The lowest BCUT2D eigenvalue weighted by molar-refractivity contribution is -0.197. The molecule has 0 spiro atoms. The van der Waals surface area contributed by atoms with Crippen LogP contribution in [0.2, 0.25) is 0 Å². The van der Waals surface area contributed by atoms with Crippen molar-refractivity contribution in [2.24, 2.45) is 0 Å². The summed E-state index contributed by atoms with van der Waals surface area (Å²) in [4.78, 5) is 10.8. The van der Waals surface area contributed by atoms with Crippen LogP contribution in [-0.2, 0) is 14.3 Å². The third kappa shape index (κ3) is 1.97. The van der Waals surface area contributed by atoms with Crippen molar-refractivity contribution in [1.29, 1.82) is 0 Å². The minimum Gasteiger partial charge on any atom is -0.460 e. The van der Waals surface area contributed by atoms with Crippen LogP contribution in [0, 0.1) is 0 Å². The van der Waals surface area contributed by atoms with Gasteiger partial charge in [-0.2, -0.15) is 0 Å². The number of hydrogen-bond acceptors (Lipinski definition) is 3. The van der Waals surface area contributed by atoms with Gasteiger partial charge in [0, 0.05) is 19.8 Å². The maximum Gasteiger partial charge on any atom is 0.308 e. The molecule has 1 unspecified atom stereocenters. The van der Waals surface area contributed by atoms with Crippen LogP contribution in [0.4, 0.5) is 0 Å². The quantitative estimate of drug-likeness (QED) is 0.569. The molecule has 1 atom stereocenters. The first-order valence-corrected chi connectivity index (χ1v) is 3.71. The molecule has 0 saturated heterocycles. The van der Waals surface area contributed by atoms with E-state index in [-0.39, 0.29) is 5.97 Å². The van der Waals surface area contributed by atoms with Gasteiger partial charge in [-0.05, 0) is 6.08 Å². The summed E-state index contributed by atoms with van der Waals surface area (Å²) >= 11 is 0. The summed E-state index contributed by atoms with van der Waals surface area (Å²) in [6.45, 7) is 3.51. The van der Waals surface area contributed by atoms with Crippen molar-refractivity contribution in [3.63, 3.8) is 0 Å². The molecule has 1 rings (SSSR count). The second-order valence-corrected chi connectivity index (χ2v) is 2.66. The second kappa shape index (κ2) is 2.95. The van der Waals surface area contributed by atoms with Crippen molar-refractivity contribution in [2.45, 2.75) is 32.5 Å². The van der Waals surface area contributed by atoms with Crippen molar-refractivity contribution < 1.29 is 14.3 Å². The van der Waals surface area contributed by atoms with Crippen LogP contribution in [0.3, 0.4) is 0 Å². The first-order chi connectivity index (χ1) is 5.16. The van der Waals surface area contributed by atoms with Gasteiger partial charge in [-0.3, -0.25) is 4.79 Å². The van der Waals surface area contributed by atoms with Crippen LogP contribution in [0.5, 0.6) is 0 Å². The summed E-state index contributed by atoms with van der Waals surface area (Å²) in [6, 6.07) is 0. The smallest absolute Gasteiger partial charge is 0.308 e. The zero-order valence-electron chi connectivity index (χ0n) is 6.79. The maximum absolute atomic E-state index is 10.8. The molecular formula is C8H12O3. The van der Waals surface area contributed by atoms with Gasteiger partial charge >= 0.3 is 5.97 Å². The number of ether oxygens (including phenoxy) is 2. The topological polar surface area (TPSA) is 35.5 Å². The predicted molar refractivity (Wildman–Crippen MR) is 39.6 cm³/mol. The molecular weight excluding hydrogens is 144 g/mol. The van der Waals surface area contributed by atoms with Crippen LogP contribution < -0.4 is 0 Å². The fraction of sp³-hybridized carbons (Fsp3) is 0.625. The molecule has 11 heavy (non-hydrogen) atoms. The predicted octanol–water partition coefficient (Wildman–Crippen LogP) is 1.59. The lowest BCUT2D eigenvalue weighted by atomic mass is 10.2. The van der Waals surface area contributed by atoms with Crippen LogP contribution in [0.15, 0.2) is 12.3 Å². The monoisotopic (exact) mass is 156 g/mol. The summed E-state index contributed by atoms with van der Waals surface area (Å²) in [5.74, 6) is -0.969. The van der Waals surface area contributed by atoms with E-state index in [0.29, 0.717) is 12.8 Å². The van der Waals surface area contributed by atoms with Crippen molar-refractivity contribution >= 4 is 5.97 Å². The van der Waals surface area contributed by atoms with Crippen LogP contribution in [0.25, 0.3) is 0 Å². The van der Waals surface area contributed by atoms with E-state index in [0.717, 1.165) is 0 Å². The van der Waals surface area contributed by atoms with Gasteiger partial charge in [-0.15, -0.1) is 0 Å². The highest BCUT2D eigenvalue weighted by Gasteiger charge is 2.30. The summed E-state index contributed by atoms with van der Waals surface area (Å²) in [5.41, 5.74) is 0. The van der Waals surface area contributed by atoms with Crippen molar-refractivity contribution in [1.82, 2.24) is 0 Å². The summed E-state index contributed by atoms with van der Waals surface area (Å²) < 4.78 is 10.1. The standard InChI is InChI=1S/C8H12O3/c1-3-7(9)11-8(2)5-4-6-10-8/h4,6H,3,5H2,1-2H3. The molecule has 62 valence electrons. The average Bonchev–Trinajstić information content (AvgIpc) is 2.36. The van der Waals surface area contributed by atoms with E-state index in [4.69, 9.17) is 9.47 Å². The van der Waals surface area contributed by atoms with Gasteiger partial charge in [0.1, 0.15) is 0 Å². The third-order valence-corrected chi connectivity index (χ3v) is 1.52. The highest BCUT2D eigenvalue weighted by Crippen LogP contribution is 2.24. The van der Waals surface area contributed by atoms with Gasteiger partial charge in [0.05, 0.1) is 6.26 Å². The number of carbonyl (C=O) groups excluding carboxylic acids is 1. The Morgan fingerprint density at radius 3 is 3.00 bits per heavy atom. The minimum atomic E-state index is -0.743. The van der Waals surface area contributed by atoms with E-state index in [2.05, 4.69) is 0 Å². The zero-order chi connectivity index (χ0) is 8.32. The Morgan fingerprint density at radius 1 is 1.82 bits per heavy atom. The Labute approximate surface area is 66.0 Å². The second-order valence-electron chi connectivity index (χ2n) is 2.66. The molecule has 0 aliphatic carbocycles. The molecule has 0 radical (unpaired) electrons. The molecule has 1 aliphatic heterocycles. The van der Waals surface area contributed by atoms with E-state index in [1.807, 2.05) is 6.08 Å². The maximum atomic E-state index is 10.8. The number of esters is 1. The van der Waals surface area contributed by atoms with E-state index in [1.165, 1.54) is 0 Å². The van der Waals surface area contributed by atoms with Crippen molar-refractivity contribution in [3.8, 4) is 0 Å². The molecule has 0 bridgehead atoms. The molecule has 0 aromatic heterocycles. The third-order valence-electron chi connectivity index (χ3n) is 1.52. The van der Waals surface area contributed by atoms with Gasteiger partial charge < -0.3 is 9.47 Å². The molecule has 1 aliphatic rings. The van der Waals surface area contributed by atoms with E-state index in [1.54, 1.807) is 20.1 Å². The molecule has 0 amide bonds. The Morgan fingerprint density at radius 2 is 2.55 bits per heavy atom. The summed E-state index contributed by atoms with van der Waals surface area (Å²) in [5, 5.41) is 0. The van der Waals surface area contributed by atoms with Gasteiger partial charge in [-0.1, -0.05) is 6.92 Å². The van der Waals surface area contributed by atoms with Crippen LogP contribution in [0.1, 0.15) is 26.7 Å². The molecule has 0 aromatic carbocycles. The number of hydrogen-bond donors (Lipinski definition) is 0. The van der Waals surface area contributed by atoms with E-state index in [9.17, 15) is 4.79 Å². The lowest BCUT2D eigenvalue weighted by Crippen LogP contribution is -2.30. The van der Waals surface area contributed by atoms with Crippen molar-refractivity contribution in [2.75, 3.05) is 0 Å². The van der Waals surface area contributed by atoms with Crippen molar-refractivity contribution in [3.05, 3.63) is 12.3 Å². The Kier molecular flexibility index (Phi) is 2.17. The fourth-order valence-electron chi connectivity index (χ4n) is 0.881. The largest absolute Gasteiger partial charge is 0.460 e. The Balaban J connectivity index is 2.41. The van der Waals surface area contributed by atoms with Gasteiger partial charge in [0.15, 0.2) is 0 Å². The summed E-state index contributed by atoms with van der Waals surface area (Å²) in [6.07, 6.45) is 4.42. The molecule has 3 heteroatoms. The molecule has 0 saturated carbocycles. The summed E-state index contributed by atoms with van der Waals surface area (Å²) in [7, 11) is 0. The highest BCUT2D eigenvalue weighted by molar-refractivity contribution is 5.69. The lowest BCUT2D eigenvalue weighted by Gasteiger charge is -2.23. The molecule has 3 nitrogen and oxygen atoms in total. The first kappa shape index (κ1) is 8.11.